The van der Waals surface area contributed by atoms with Gasteiger partial charge in [0.1, 0.15) is 16.1 Å². The van der Waals surface area contributed by atoms with Gasteiger partial charge in [0.15, 0.2) is 0 Å². The maximum atomic E-state index is 5.21. The summed E-state index contributed by atoms with van der Waals surface area (Å²) >= 11 is 3.24. The SMILES string of the molecule is COC(C)c1nc(CSc2cn[nH]n2)cs1. The minimum atomic E-state index is 0.0656. The second-order valence-corrected chi connectivity index (χ2v) is 5.04. The molecule has 86 valence electrons. The van der Waals surface area contributed by atoms with Gasteiger partial charge in [-0.25, -0.2) is 4.98 Å². The predicted molar refractivity (Wildman–Crippen MR) is 63.5 cm³/mol. The second-order valence-electron chi connectivity index (χ2n) is 3.15. The molecule has 0 bridgehead atoms. The van der Waals surface area contributed by atoms with Crippen molar-refractivity contribution in [2.45, 2.75) is 23.8 Å². The van der Waals surface area contributed by atoms with Crippen LogP contribution in [0.3, 0.4) is 0 Å². The Balaban J connectivity index is 1.93. The number of hydrogen-bond donors (Lipinski definition) is 1. The Hall–Kier alpha value is -0.920. The summed E-state index contributed by atoms with van der Waals surface area (Å²) in [7, 11) is 1.69. The van der Waals surface area contributed by atoms with E-state index < -0.39 is 0 Å². The van der Waals surface area contributed by atoms with Gasteiger partial charge >= 0.3 is 0 Å². The van der Waals surface area contributed by atoms with Crippen LogP contribution in [0.15, 0.2) is 16.6 Å². The summed E-state index contributed by atoms with van der Waals surface area (Å²) in [5.74, 6) is 0.805. The third kappa shape index (κ3) is 2.81. The highest BCUT2D eigenvalue weighted by molar-refractivity contribution is 7.98. The lowest BCUT2D eigenvalue weighted by Gasteiger charge is -2.03. The molecule has 0 amide bonds. The Bertz CT molecular complexity index is 428. The average Bonchev–Trinajstić information content (AvgIpc) is 2.96. The lowest BCUT2D eigenvalue weighted by atomic mass is 10.4. The fourth-order valence-corrected chi connectivity index (χ4v) is 2.72. The molecule has 0 saturated carbocycles. The molecule has 2 rings (SSSR count). The number of nitrogens with zero attached hydrogens (tertiary/aromatic N) is 3. The highest BCUT2D eigenvalue weighted by atomic mass is 32.2. The van der Waals surface area contributed by atoms with Gasteiger partial charge < -0.3 is 4.74 Å². The number of thioether (sulfide) groups is 1. The van der Waals surface area contributed by atoms with Crippen molar-refractivity contribution >= 4 is 23.1 Å². The summed E-state index contributed by atoms with van der Waals surface area (Å²) in [6.45, 7) is 1.99. The molecule has 1 unspecified atom stereocenters. The van der Waals surface area contributed by atoms with E-state index in [0.717, 1.165) is 21.5 Å². The van der Waals surface area contributed by atoms with Crippen LogP contribution in [0.25, 0.3) is 0 Å². The largest absolute Gasteiger partial charge is 0.375 e. The number of rotatable bonds is 5. The first-order valence-corrected chi connectivity index (χ1v) is 6.61. The van der Waals surface area contributed by atoms with E-state index in [4.69, 9.17) is 4.74 Å². The highest BCUT2D eigenvalue weighted by Crippen LogP contribution is 2.24. The Labute approximate surface area is 102 Å². The Morgan fingerprint density at radius 1 is 1.62 bits per heavy atom. The van der Waals surface area contributed by atoms with Gasteiger partial charge in [-0.3, -0.25) is 0 Å². The fraction of sp³-hybridized carbons (Fsp3) is 0.444. The van der Waals surface area contributed by atoms with Crippen LogP contribution in [0.4, 0.5) is 0 Å². The average molecular weight is 256 g/mol. The van der Waals surface area contributed by atoms with Crippen LogP contribution in [0, 0.1) is 0 Å². The number of methoxy groups -OCH3 is 1. The zero-order chi connectivity index (χ0) is 11.4. The molecule has 0 saturated heterocycles. The first-order chi connectivity index (χ1) is 7.79. The van der Waals surface area contributed by atoms with Crippen molar-refractivity contribution in [3.8, 4) is 0 Å². The monoisotopic (exact) mass is 256 g/mol. The van der Waals surface area contributed by atoms with Crippen molar-refractivity contribution in [2.75, 3.05) is 7.11 Å². The molecule has 0 spiro atoms. The van der Waals surface area contributed by atoms with Crippen LogP contribution >= 0.6 is 23.1 Å². The summed E-state index contributed by atoms with van der Waals surface area (Å²) in [5.41, 5.74) is 1.05. The number of thiazole rings is 1. The summed E-state index contributed by atoms with van der Waals surface area (Å²) in [4.78, 5) is 4.49. The van der Waals surface area contributed by atoms with Crippen LogP contribution in [-0.2, 0) is 10.5 Å². The standard InChI is InChI=1S/C9H12N4OS2/c1-6(14-2)9-11-7(5-16-9)4-15-8-3-10-13-12-8/h3,5-6H,4H2,1-2H3,(H,10,12,13). The molecule has 0 radical (unpaired) electrons. The molecule has 0 aliphatic carbocycles. The highest BCUT2D eigenvalue weighted by Gasteiger charge is 2.09. The third-order valence-electron chi connectivity index (χ3n) is 2.03. The molecule has 2 aromatic rings. The molecule has 1 atom stereocenters. The number of hydrogen-bond acceptors (Lipinski definition) is 6. The van der Waals surface area contributed by atoms with Crippen LogP contribution in [0.1, 0.15) is 23.7 Å². The van der Waals surface area contributed by atoms with E-state index in [1.165, 1.54) is 0 Å². The molecule has 7 heteroatoms. The van der Waals surface area contributed by atoms with Crippen LogP contribution in [0.2, 0.25) is 0 Å². The number of aromatic amines is 1. The van der Waals surface area contributed by atoms with E-state index in [0.29, 0.717) is 0 Å². The maximum absolute atomic E-state index is 5.21. The van der Waals surface area contributed by atoms with E-state index in [1.807, 2.05) is 6.92 Å². The molecule has 0 fully saturated rings. The van der Waals surface area contributed by atoms with E-state index in [2.05, 4.69) is 25.8 Å². The van der Waals surface area contributed by atoms with E-state index in [9.17, 15) is 0 Å². The Morgan fingerprint density at radius 3 is 3.19 bits per heavy atom. The number of nitrogens with one attached hydrogen (secondary N) is 1. The smallest absolute Gasteiger partial charge is 0.139 e. The molecule has 0 aliphatic rings. The number of ether oxygens (including phenoxy) is 1. The zero-order valence-electron chi connectivity index (χ0n) is 9.01. The topological polar surface area (TPSA) is 63.7 Å². The molecular formula is C9H12N4OS2. The van der Waals surface area contributed by atoms with E-state index >= 15 is 0 Å². The minimum Gasteiger partial charge on any atom is -0.375 e. The van der Waals surface area contributed by atoms with Crippen molar-refractivity contribution in [3.05, 3.63) is 22.3 Å². The summed E-state index contributed by atoms with van der Waals surface area (Å²) in [6, 6.07) is 0. The predicted octanol–water partition coefficient (Wildman–Crippen LogP) is 2.26. The molecule has 2 aromatic heterocycles. The molecule has 1 N–H and O–H groups in total. The second kappa shape index (κ2) is 5.42. The lowest BCUT2D eigenvalue weighted by molar-refractivity contribution is 0.119. The van der Waals surface area contributed by atoms with Crippen molar-refractivity contribution in [1.29, 1.82) is 0 Å². The van der Waals surface area contributed by atoms with Gasteiger partial charge in [0, 0.05) is 18.2 Å². The van der Waals surface area contributed by atoms with Crippen molar-refractivity contribution in [2.24, 2.45) is 0 Å². The van der Waals surface area contributed by atoms with Gasteiger partial charge in [-0.2, -0.15) is 10.3 Å². The van der Waals surface area contributed by atoms with E-state index in [1.54, 1.807) is 36.4 Å². The number of H-pyrrole nitrogens is 1. The van der Waals surface area contributed by atoms with Gasteiger partial charge in [-0.05, 0) is 6.92 Å². The lowest BCUT2D eigenvalue weighted by Crippen LogP contribution is -1.94. The summed E-state index contributed by atoms with van der Waals surface area (Å²) in [6.07, 6.45) is 1.77. The van der Waals surface area contributed by atoms with Crippen LogP contribution < -0.4 is 0 Å². The molecule has 5 nitrogen and oxygen atoms in total. The number of aromatic nitrogens is 4. The Kier molecular flexibility index (Phi) is 3.92. The van der Waals surface area contributed by atoms with Gasteiger partial charge in [0.2, 0.25) is 0 Å². The minimum absolute atomic E-state index is 0.0656. The first-order valence-electron chi connectivity index (χ1n) is 4.75. The maximum Gasteiger partial charge on any atom is 0.139 e. The van der Waals surface area contributed by atoms with Crippen molar-refractivity contribution in [3.63, 3.8) is 0 Å². The Morgan fingerprint density at radius 2 is 2.50 bits per heavy atom. The van der Waals surface area contributed by atoms with Crippen LogP contribution in [-0.4, -0.2) is 27.5 Å². The molecule has 0 aliphatic heterocycles. The fourth-order valence-electron chi connectivity index (χ4n) is 1.08. The van der Waals surface area contributed by atoms with Gasteiger partial charge in [-0.1, -0.05) is 11.8 Å². The zero-order valence-corrected chi connectivity index (χ0v) is 10.6. The van der Waals surface area contributed by atoms with Crippen molar-refractivity contribution in [1.82, 2.24) is 20.4 Å². The molecule has 16 heavy (non-hydrogen) atoms. The molecular weight excluding hydrogens is 244 g/mol. The normalized spacial score (nSPS) is 12.9. The van der Waals surface area contributed by atoms with Gasteiger partial charge in [0.25, 0.3) is 0 Å². The molecule has 0 aromatic carbocycles. The van der Waals surface area contributed by atoms with Gasteiger partial charge in [0.05, 0.1) is 11.9 Å². The van der Waals surface area contributed by atoms with E-state index in [-0.39, 0.29) is 6.10 Å². The third-order valence-corrected chi connectivity index (χ3v) is 4.02. The summed E-state index contributed by atoms with van der Waals surface area (Å²) < 4.78 is 5.21. The quantitative estimate of drug-likeness (QED) is 0.831. The van der Waals surface area contributed by atoms with Crippen molar-refractivity contribution < 1.29 is 4.74 Å². The summed E-state index contributed by atoms with van der Waals surface area (Å²) in [5, 5.41) is 14.2. The van der Waals surface area contributed by atoms with Gasteiger partial charge in [-0.15, -0.1) is 16.4 Å². The van der Waals surface area contributed by atoms with Crippen LogP contribution in [0.5, 0.6) is 0 Å². The first kappa shape index (κ1) is 11.6. The molecule has 2 heterocycles.